The third-order valence-electron chi connectivity index (χ3n) is 3.68. The summed E-state index contributed by atoms with van der Waals surface area (Å²) in [7, 11) is 0. The average molecular weight is 326 g/mol. The van der Waals surface area contributed by atoms with E-state index in [1.807, 2.05) is 20.8 Å². The summed E-state index contributed by atoms with van der Waals surface area (Å²) < 4.78 is 32.1. The molecule has 1 amide bonds. The first-order chi connectivity index (χ1) is 10.7. The fraction of sp³-hybridized carbons (Fsp3) is 0.588. The first-order valence-corrected chi connectivity index (χ1v) is 7.91. The van der Waals surface area contributed by atoms with Crippen LogP contribution in [0.4, 0.5) is 19.3 Å². The summed E-state index contributed by atoms with van der Waals surface area (Å²) in [5.74, 6) is -0.780. The van der Waals surface area contributed by atoms with Crippen molar-refractivity contribution in [2.75, 3.05) is 25.0 Å². The third-order valence-corrected chi connectivity index (χ3v) is 3.68. The minimum absolute atomic E-state index is 0.152. The van der Waals surface area contributed by atoms with Crippen molar-refractivity contribution in [3.8, 4) is 0 Å². The second kappa shape index (κ2) is 7.15. The number of hydrogen-bond donors (Lipinski definition) is 1. The molecule has 1 unspecified atom stereocenters. The van der Waals surface area contributed by atoms with Crippen LogP contribution >= 0.6 is 0 Å². The fourth-order valence-electron chi connectivity index (χ4n) is 2.61. The minimum atomic E-state index is -0.521. The van der Waals surface area contributed by atoms with E-state index >= 15 is 0 Å². The van der Waals surface area contributed by atoms with Crippen LogP contribution in [-0.2, 0) is 4.74 Å². The van der Waals surface area contributed by atoms with Crippen LogP contribution in [0.3, 0.4) is 0 Å². The summed E-state index contributed by atoms with van der Waals surface area (Å²) in [6.45, 7) is 7.21. The number of carbonyl (C=O) groups is 1. The zero-order chi connectivity index (χ0) is 17.0. The largest absolute Gasteiger partial charge is 0.444 e. The molecule has 128 valence electrons. The van der Waals surface area contributed by atoms with Gasteiger partial charge in [0.2, 0.25) is 0 Å². The number of carbonyl (C=O) groups excluding carboxylic acids is 1. The molecular weight excluding hydrogens is 302 g/mol. The van der Waals surface area contributed by atoms with Gasteiger partial charge >= 0.3 is 6.09 Å². The summed E-state index contributed by atoms with van der Waals surface area (Å²) in [6.07, 6.45) is 1.49. The highest BCUT2D eigenvalue weighted by Crippen LogP contribution is 2.21. The van der Waals surface area contributed by atoms with Gasteiger partial charge in [0.05, 0.1) is 5.69 Å². The Bertz CT molecular complexity index is 558. The second-order valence-corrected chi connectivity index (χ2v) is 6.94. The van der Waals surface area contributed by atoms with Gasteiger partial charge in [-0.1, -0.05) is 0 Å². The van der Waals surface area contributed by atoms with Gasteiger partial charge in [-0.3, -0.25) is 0 Å². The van der Waals surface area contributed by atoms with Crippen molar-refractivity contribution in [2.45, 2.75) is 39.2 Å². The van der Waals surface area contributed by atoms with Crippen LogP contribution in [0, 0.1) is 17.6 Å². The second-order valence-electron chi connectivity index (χ2n) is 6.94. The van der Waals surface area contributed by atoms with Crippen LogP contribution in [0.2, 0.25) is 0 Å². The Hall–Kier alpha value is -1.85. The predicted octanol–water partition coefficient (Wildman–Crippen LogP) is 4.02. The Morgan fingerprint density at radius 3 is 2.83 bits per heavy atom. The summed E-state index contributed by atoms with van der Waals surface area (Å²) in [6, 6.07) is 3.33. The molecule has 1 saturated heterocycles. The van der Waals surface area contributed by atoms with E-state index in [2.05, 4.69) is 5.32 Å². The van der Waals surface area contributed by atoms with Gasteiger partial charge in [-0.25, -0.2) is 13.6 Å². The highest BCUT2D eigenvalue weighted by Gasteiger charge is 2.27. The van der Waals surface area contributed by atoms with E-state index in [1.54, 1.807) is 4.90 Å². The van der Waals surface area contributed by atoms with Crippen LogP contribution in [0.25, 0.3) is 0 Å². The quantitative estimate of drug-likeness (QED) is 0.912. The zero-order valence-corrected chi connectivity index (χ0v) is 13.9. The molecule has 1 fully saturated rings. The zero-order valence-electron chi connectivity index (χ0n) is 13.9. The van der Waals surface area contributed by atoms with Crippen molar-refractivity contribution in [1.82, 2.24) is 4.90 Å². The molecular formula is C17H24F2N2O2. The maximum absolute atomic E-state index is 13.6. The molecule has 0 aliphatic carbocycles. The van der Waals surface area contributed by atoms with Gasteiger partial charge in [-0.2, -0.15) is 0 Å². The lowest BCUT2D eigenvalue weighted by Gasteiger charge is -2.34. The van der Waals surface area contributed by atoms with Gasteiger partial charge in [0.1, 0.15) is 17.2 Å². The molecule has 4 nitrogen and oxygen atoms in total. The van der Waals surface area contributed by atoms with Crippen molar-refractivity contribution in [3.05, 3.63) is 29.8 Å². The van der Waals surface area contributed by atoms with E-state index in [4.69, 9.17) is 4.74 Å². The number of nitrogens with zero attached hydrogens (tertiary/aromatic N) is 1. The number of rotatable bonds is 3. The van der Waals surface area contributed by atoms with Gasteiger partial charge in [0.25, 0.3) is 0 Å². The SMILES string of the molecule is CC(C)(C)OC(=O)N1CCCC(CNc2cc(F)ccc2F)C1. The third kappa shape index (κ3) is 5.37. The van der Waals surface area contributed by atoms with E-state index in [9.17, 15) is 13.6 Å². The standard InChI is InChI=1S/C17H24F2N2O2/c1-17(2,3)23-16(22)21-8-4-5-12(11-21)10-20-15-9-13(18)6-7-14(15)19/h6-7,9,12,20H,4-5,8,10-11H2,1-3H3. The van der Waals surface area contributed by atoms with Gasteiger partial charge in [0.15, 0.2) is 0 Å². The number of halogens is 2. The van der Waals surface area contributed by atoms with E-state index in [0.29, 0.717) is 19.6 Å². The van der Waals surface area contributed by atoms with Crippen molar-refractivity contribution in [3.63, 3.8) is 0 Å². The Morgan fingerprint density at radius 1 is 1.39 bits per heavy atom. The van der Waals surface area contributed by atoms with Crippen LogP contribution in [-0.4, -0.2) is 36.2 Å². The number of piperidine rings is 1. The Balaban J connectivity index is 1.89. The smallest absolute Gasteiger partial charge is 0.410 e. The van der Waals surface area contributed by atoms with E-state index < -0.39 is 17.2 Å². The van der Waals surface area contributed by atoms with E-state index in [-0.39, 0.29) is 17.7 Å². The molecule has 0 aromatic heterocycles. The normalized spacial score (nSPS) is 18.7. The summed E-state index contributed by atoms with van der Waals surface area (Å²) >= 11 is 0. The van der Waals surface area contributed by atoms with Crippen molar-refractivity contribution in [2.24, 2.45) is 5.92 Å². The molecule has 1 heterocycles. The number of benzene rings is 1. The van der Waals surface area contributed by atoms with Gasteiger partial charge in [-0.05, 0) is 57.7 Å². The first-order valence-electron chi connectivity index (χ1n) is 7.91. The van der Waals surface area contributed by atoms with Gasteiger partial charge in [-0.15, -0.1) is 0 Å². The topological polar surface area (TPSA) is 41.6 Å². The van der Waals surface area contributed by atoms with Crippen molar-refractivity contribution < 1.29 is 18.3 Å². The number of nitrogens with one attached hydrogen (secondary N) is 1. The lowest BCUT2D eigenvalue weighted by atomic mass is 9.98. The molecule has 6 heteroatoms. The molecule has 1 atom stereocenters. The molecule has 1 aromatic rings. The van der Waals surface area contributed by atoms with Crippen LogP contribution in [0.5, 0.6) is 0 Å². The number of likely N-dealkylation sites (tertiary alicyclic amines) is 1. The number of anilines is 1. The monoisotopic (exact) mass is 326 g/mol. The number of ether oxygens (including phenoxy) is 1. The Labute approximate surface area is 135 Å². The molecule has 1 aromatic carbocycles. The maximum Gasteiger partial charge on any atom is 0.410 e. The minimum Gasteiger partial charge on any atom is -0.444 e. The maximum atomic E-state index is 13.6. The van der Waals surface area contributed by atoms with Crippen LogP contribution < -0.4 is 5.32 Å². The van der Waals surface area contributed by atoms with Crippen LogP contribution in [0.1, 0.15) is 33.6 Å². The lowest BCUT2D eigenvalue weighted by molar-refractivity contribution is 0.0172. The Kier molecular flexibility index (Phi) is 5.44. The molecule has 0 radical (unpaired) electrons. The first kappa shape index (κ1) is 17.5. The molecule has 0 spiro atoms. The molecule has 0 bridgehead atoms. The highest BCUT2D eigenvalue weighted by molar-refractivity contribution is 5.68. The van der Waals surface area contributed by atoms with Gasteiger partial charge in [0, 0.05) is 19.6 Å². The summed E-state index contributed by atoms with van der Waals surface area (Å²) in [4.78, 5) is 13.8. The molecule has 23 heavy (non-hydrogen) atoms. The number of hydrogen-bond acceptors (Lipinski definition) is 3. The number of amides is 1. The molecule has 1 aliphatic heterocycles. The van der Waals surface area contributed by atoms with E-state index in [1.165, 1.54) is 0 Å². The average Bonchev–Trinajstić information content (AvgIpc) is 2.47. The van der Waals surface area contributed by atoms with Crippen molar-refractivity contribution >= 4 is 11.8 Å². The molecule has 1 aliphatic rings. The van der Waals surface area contributed by atoms with E-state index in [0.717, 1.165) is 31.0 Å². The molecule has 2 rings (SSSR count). The van der Waals surface area contributed by atoms with Gasteiger partial charge < -0.3 is 15.0 Å². The highest BCUT2D eigenvalue weighted by atomic mass is 19.1. The summed E-state index contributed by atoms with van der Waals surface area (Å²) in [5.41, 5.74) is -0.369. The fourth-order valence-corrected chi connectivity index (χ4v) is 2.61. The Morgan fingerprint density at radius 2 is 2.13 bits per heavy atom. The van der Waals surface area contributed by atoms with Crippen LogP contribution in [0.15, 0.2) is 18.2 Å². The lowest BCUT2D eigenvalue weighted by Crippen LogP contribution is -2.44. The van der Waals surface area contributed by atoms with Crippen molar-refractivity contribution in [1.29, 1.82) is 0 Å². The molecule has 1 N–H and O–H groups in total. The molecule has 0 saturated carbocycles. The summed E-state index contributed by atoms with van der Waals surface area (Å²) in [5, 5.41) is 2.94. The predicted molar refractivity (Wildman–Crippen MR) is 85.4 cm³/mol.